The standard InChI is InChI=1S/C10H15N3/c1-5-10(3,4)12-8(2)9-6-7-11-13-9/h1,6-8,12H,2-4H3,(H,11,13). The van der Waals surface area contributed by atoms with Crippen LogP contribution in [-0.2, 0) is 0 Å². The van der Waals surface area contributed by atoms with Crippen LogP contribution in [0.3, 0.4) is 0 Å². The molecule has 1 atom stereocenters. The molecule has 2 N–H and O–H groups in total. The molecule has 70 valence electrons. The van der Waals surface area contributed by atoms with E-state index in [0.29, 0.717) is 0 Å². The number of terminal acetylenes is 1. The van der Waals surface area contributed by atoms with Gasteiger partial charge in [0.1, 0.15) is 0 Å². The van der Waals surface area contributed by atoms with Gasteiger partial charge in [0, 0.05) is 12.2 Å². The molecule has 0 aliphatic heterocycles. The molecule has 0 saturated carbocycles. The molecule has 0 aliphatic carbocycles. The van der Waals surface area contributed by atoms with E-state index >= 15 is 0 Å². The third kappa shape index (κ3) is 2.60. The summed E-state index contributed by atoms with van der Waals surface area (Å²) in [5.41, 5.74) is 0.758. The maximum atomic E-state index is 5.37. The van der Waals surface area contributed by atoms with Crippen molar-refractivity contribution in [3.05, 3.63) is 18.0 Å². The van der Waals surface area contributed by atoms with E-state index in [9.17, 15) is 0 Å². The highest BCUT2D eigenvalue weighted by Gasteiger charge is 2.17. The Morgan fingerprint density at radius 2 is 2.38 bits per heavy atom. The summed E-state index contributed by atoms with van der Waals surface area (Å²) in [7, 11) is 0. The molecule has 3 heteroatoms. The van der Waals surface area contributed by atoms with Crippen LogP contribution in [0.2, 0.25) is 0 Å². The second-order valence-electron chi connectivity index (χ2n) is 3.65. The zero-order valence-electron chi connectivity index (χ0n) is 8.26. The second-order valence-corrected chi connectivity index (χ2v) is 3.65. The molecule has 0 bridgehead atoms. The molecule has 1 rings (SSSR count). The van der Waals surface area contributed by atoms with E-state index in [0.717, 1.165) is 5.69 Å². The largest absolute Gasteiger partial charge is 0.293 e. The lowest BCUT2D eigenvalue weighted by atomic mass is 10.0. The van der Waals surface area contributed by atoms with Crippen LogP contribution in [-0.4, -0.2) is 15.7 Å². The highest BCUT2D eigenvalue weighted by Crippen LogP contribution is 2.12. The quantitative estimate of drug-likeness (QED) is 0.686. The molecule has 0 radical (unpaired) electrons. The Bertz CT molecular complexity index is 292. The van der Waals surface area contributed by atoms with Gasteiger partial charge in [0.05, 0.1) is 11.2 Å². The summed E-state index contributed by atoms with van der Waals surface area (Å²) in [6.07, 6.45) is 7.10. The summed E-state index contributed by atoms with van der Waals surface area (Å²) >= 11 is 0. The second kappa shape index (κ2) is 3.63. The molecule has 0 fully saturated rings. The third-order valence-corrected chi connectivity index (χ3v) is 1.93. The van der Waals surface area contributed by atoms with Gasteiger partial charge in [-0.2, -0.15) is 5.10 Å². The molecule has 0 spiro atoms. The van der Waals surface area contributed by atoms with Gasteiger partial charge >= 0.3 is 0 Å². The Balaban J connectivity index is 2.62. The highest BCUT2D eigenvalue weighted by molar-refractivity contribution is 5.12. The van der Waals surface area contributed by atoms with Crippen molar-refractivity contribution in [2.75, 3.05) is 0 Å². The number of hydrogen-bond donors (Lipinski definition) is 2. The number of aromatic amines is 1. The minimum atomic E-state index is -0.287. The molecule has 13 heavy (non-hydrogen) atoms. The Morgan fingerprint density at radius 1 is 1.69 bits per heavy atom. The van der Waals surface area contributed by atoms with Gasteiger partial charge in [-0.3, -0.25) is 10.4 Å². The van der Waals surface area contributed by atoms with Crippen LogP contribution >= 0.6 is 0 Å². The van der Waals surface area contributed by atoms with Crippen LogP contribution in [0.25, 0.3) is 0 Å². The van der Waals surface area contributed by atoms with Gasteiger partial charge in [-0.25, -0.2) is 0 Å². The first-order chi connectivity index (χ1) is 6.05. The number of rotatable bonds is 3. The predicted molar refractivity (Wildman–Crippen MR) is 53.1 cm³/mol. The van der Waals surface area contributed by atoms with Crippen LogP contribution in [0, 0.1) is 12.3 Å². The smallest absolute Gasteiger partial charge is 0.0746 e. The predicted octanol–water partition coefficient (Wildman–Crippen LogP) is 1.47. The van der Waals surface area contributed by atoms with Crippen LogP contribution in [0.4, 0.5) is 0 Å². The van der Waals surface area contributed by atoms with Crippen molar-refractivity contribution in [2.45, 2.75) is 32.4 Å². The Kier molecular flexibility index (Phi) is 2.74. The lowest BCUT2D eigenvalue weighted by Crippen LogP contribution is -2.39. The number of nitrogens with one attached hydrogen (secondary N) is 2. The zero-order chi connectivity index (χ0) is 9.90. The van der Waals surface area contributed by atoms with Crippen molar-refractivity contribution >= 4 is 0 Å². The SMILES string of the molecule is C#CC(C)(C)NC(C)c1ccn[nH]1. The number of aromatic nitrogens is 2. The van der Waals surface area contributed by atoms with Crippen molar-refractivity contribution in [2.24, 2.45) is 0 Å². The van der Waals surface area contributed by atoms with E-state index in [2.05, 4.69) is 21.4 Å². The first-order valence-corrected chi connectivity index (χ1v) is 4.30. The van der Waals surface area contributed by atoms with Gasteiger partial charge in [-0.1, -0.05) is 5.92 Å². The van der Waals surface area contributed by atoms with Gasteiger partial charge in [-0.15, -0.1) is 6.42 Å². The van der Waals surface area contributed by atoms with Crippen LogP contribution in [0.5, 0.6) is 0 Å². The van der Waals surface area contributed by atoms with Crippen LogP contribution in [0.1, 0.15) is 32.5 Å². The minimum Gasteiger partial charge on any atom is -0.293 e. The summed E-state index contributed by atoms with van der Waals surface area (Å²) in [5, 5.41) is 10.1. The Labute approximate surface area is 78.9 Å². The summed E-state index contributed by atoms with van der Waals surface area (Å²) in [6.45, 7) is 5.99. The fraction of sp³-hybridized carbons (Fsp3) is 0.500. The molecular formula is C10H15N3. The molecule has 0 aromatic carbocycles. The molecule has 1 aromatic rings. The van der Waals surface area contributed by atoms with Crippen molar-refractivity contribution in [1.82, 2.24) is 15.5 Å². The summed E-state index contributed by atoms with van der Waals surface area (Å²) in [5.74, 6) is 2.69. The average Bonchev–Trinajstić information content (AvgIpc) is 2.55. The summed E-state index contributed by atoms with van der Waals surface area (Å²) < 4.78 is 0. The summed E-state index contributed by atoms with van der Waals surface area (Å²) in [6, 6.07) is 2.12. The number of H-pyrrole nitrogens is 1. The van der Waals surface area contributed by atoms with E-state index in [1.165, 1.54) is 0 Å². The maximum Gasteiger partial charge on any atom is 0.0746 e. The fourth-order valence-corrected chi connectivity index (χ4v) is 1.17. The first-order valence-electron chi connectivity index (χ1n) is 4.30. The van der Waals surface area contributed by atoms with Gasteiger partial charge in [0.2, 0.25) is 0 Å². The normalized spacial score (nSPS) is 13.7. The molecular weight excluding hydrogens is 162 g/mol. The Hall–Kier alpha value is -1.27. The van der Waals surface area contributed by atoms with E-state index in [1.54, 1.807) is 6.20 Å². The van der Waals surface area contributed by atoms with Crippen LogP contribution in [0.15, 0.2) is 12.3 Å². The molecule has 3 nitrogen and oxygen atoms in total. The lowest BCUT2D eigenvalue weighted by molar-refractivity contribution is 0.425. The monoisotopic (exact) mass is 177 g/mol. The van der Waals surface area contributed by atoms with Crippen molar-refractivity contribution in [3.8, 4) is 12.3 Å². The van der Waals surface area contributed by atoms with E-state index < -0.39 is 0 Å². The van der Waals surface area contributed by atoms with Gasteiger partial charge < -0.3 is 0 Å². The molecule has 0 saturated heterocycles. The zero-order valence-corrected chi connectivity index (χ0v) is 8.26. The average molecular weight is 177 g/mol. The number of nitrogens with zero attached hydrogens (tertiary/aromatic N) is 1. The third-order valence-electron chi connectivity index (χ3n) is 1.93. The van der Waals surface area contributed by atoms with Crippen molar-refractivity contribution < 1.29 is 0 Å². The lowest BCUT2D eigenvalue weighted by Gasteiger charge is -2.24. The van der Waals surface area contributed by atoms with Gasteiger partial charge in [0.25, 0.3) is 0 Å². The van der Waals surface area contributed by atoms with E-state index in [1.807, 2.05) is 26.8 Å². The van der Waals surface area contributed by atoms with Crippen molar-refractivity contribution in [3.63, 3.8) is 0 Å². The first kappa shape index (κ1) is 9.82. The highest BCUT2D eigenvalue weighted by atomic mass is 15.1. The molecule has 0 amide bonds. The van der Waals surface area contributed by atoms with E-state index in [4.69, 9.17) is 6.42 Å². The van der Waals surface area contributed by atoms with E-state index in [-0.39, 0.29) is 11.6 Å². The van der Waals surface area contributed by atoms with Crippen molar-refractivity contribution in [1.29, 1.82) is 0 Å². The minimum absolute atomic E-state index is 0.188. The van der Waals surface area contributed by atoms with Gasteiger partial charge in [0.15, 0.2) is 0 Å². The molecule has 1 unspecified atom stereocenters. The Morgan fingerprint density at radius 3 is 2.85 bits per heavy atom. The van der Waals surface area contributed by atoms with Gasteiger partial charge in [-0.05, 0) is 26.8 Å². The van der Waals surface area contributed by atoms with Crippen LogP contribution < -0.4 is 5.32 Å². The molecule has 1 heterocycles. The summed E-state index contributed by atoms with van der Waals surface area (Å²) in [4.78, 5) is 0. The fourth-order valence-electron chi connectivity index (χ4n) is 1.17. The topological polar surface area (TPSA) is 40.7 Å². The maximum absolute atomic E-state index is 5.37. The molecule has 0 aliphatic rings. The number of hydrogen-bond acceptors (Lipinski definition) is 2. The molecule has 1 aromatic heterocycles.